The van der Waals surface area contributed by atoms with Crippen LogP contribution in [-0.2, 0) is 0 Å². The lowest BCUT2D eigenvalue weighted by molar-refractivity contribution is 0.209. The van der Waals surface area contributed by atoms with E-state index < -0.39 is 0 Å². The molecule has 0 bridgehead atoms. The first-order valence-corrected chi connectivity index (χ1v) is 5.77. The summed E-state index contributed by atoms with van der Waals surface area (Å²) < 4.78 is 0. The smallest absolute Gasteiger partial charge is 0.00193 e. The molecule has 2 rings (SSSR count). The van der Waals surface area contributed by atoms with Gasteiger partial charge in [0, 0.05) is 13.1 Å². The van der Waals surface area contributed by atoms with Gasteiger partial charge in [-0.15, -0.1) is 0 Å². The van der Waals surface area contributed by atoms with Crippen molar-refractivity contribution in [3.8, 4) is 0 Å². The zero-order valence-electron chi connectivity index (χ0n) is 8.76. The number of nitrogens with one attached hydrogen (secondary N) is 1. The lowest BCUT2D eigenvalue weighted by atomic mass is 10.1. The van der Waals surface area contributed by atoms with Gasteiger partial charge in [-0.1, -0.05) is 6.92 Å². The predicted octanol–water partition coefficient (Wildman–Crippen LogP) is 1.33. The molecule has 1 atom stereocenters. The van der Waals surface area contributed by atoms with Gasteiger partial charge in [0.15, 0.2) is 0 Å². The molecule has 0 amide bonds. The van der Waals surface area contributed by atoms with E-state index in [4.69, 9.17) is 0 Å². The van der Waals surface area contributed by atoms with Crippen molar-refractivity contribution in [3.05, 3.63) is 0 Å². The molecule has 2 fully saturated rings. The summed E-state index contributed by atoms with van der Waals surface area (Å²) in [7, 11) is 0. The van der Waals surface area contributed by atoms with E-state index in [0.717, 1.165) is 11.8 Å². The SMILES string of the molecule is CC1CNCCCN(CC2CC2)C1. The van der Waals surface area contributed by atoms with Crippen LogP contribution in [0.15, 0.2) is 0 Å². The Kier molecular flexibility index (Phi) is 3.23. The first-order valence-electron chi connectivity index (χ1n) is 5.77. The van der Waals surface area contributed by atoms with Crippen LogP contribution in [-0.4, -0.2) is 37.6 Å². The summed E-state index contributed by atoms with van der Waals surface area (Å²) >= 11 is 0. The van der Waals surface area contributed by atoms with Gasteiger partial charge in [-0.2, -0.15) is 0 Å². The molecule has 2 heteroatoms. The maximum Gasteiger partial charge on any atom is 0.00193 e. The fourth-order valence-electron chi connectivity index (χ4n) is 2.20. The van der Waals surface area contributed by atoms with Crippen molar-refractivity contribution in [1.29, 1.82) is 0 Å². The number of nitrogens with zero attached hydrogens (tertiary/aromatic N) is 1. The Labute approximate surface area is 81.7 Å². The monoisotopic (exact) mass is 182 g/mol. The first kappa shape index (κ1) is 9.47. The minimum atomic E-state index is 0.832. The third-order valence-electron chi connectivity index (χ3n) is 3.10. The zero-order valence-corrected chi connectivity index (χ0v) is 8.76. The van der Waals surface area contributed by atoms with E-state index in [0.29, 0.717) is 0 Å². The molecule has 0 aromatic carbocycles. The molecule has 76 valence electrons. The first-order chi connectivity index (χ1) is 6.34. The van der Waals surface area contributed by atoms with Crippen molar-refractivity contribution < 1.29 is 0 Å². The Morgan fingerprint density at radius 1 is 1.38 bits per heavy atom. The van der Waals surface area contributed by atoms with Gasteiger partial charge in [-0.05, 0) is 50.7 Å². The lowest BCUT2D eigenvalue weighted by Crippen LogP contribution is -2.39. The fourth-order valence-corrected chi connectivity index (χ4v) is 2.20. The molecule has 0 spiro atoms. The van der Waals surface area contributed by atoms with Crippen molar-refractivity contribution in [3.63, 3.8) is 0 Å². The second kappa shape index (κ2) is 4.43. The van der Waals surface area contributed by atoms with Crippen molar-refractivity contribution in [2.75, 3.05) is 32.7 Å². The topological polar surface area (TPSA) is 15.3 Å². The van der Waals surface area contributed by atoms with Crippen LogP contribution in [0.5, 0.6) is 0 Å². The van der Waals surface area contributed by atoms with Gasteiger partial charge in [0.1, 0.15) is 0 Å². The van der Waals surface area contributed by atoms with Crippen molar-refractivity contribution in [2.45, 2.75) is 26.2 Å². The average molecular weight is 182 g/mol. The van der Waals surface area contributed by atoms with E-state index in [1.165, 1.54) is 52.0 Å². The number of hydrogen-bond donors (Lipinski definition) is 1. The summed E-state index contributed by atoms with van der Waals surface area (Å²) in [6, 6.07) is 0. The summed E-state index contributed by atoms with van der Waals surface area (Å²) in [6.07, 6.45) is 4.31. The zero-order chi connectivity index (χ0) is 9.10. The fraction of sp³-hybridized carbons (Fsp3) is 1.00. The van der Waals surface area contributed by atoms with E-state index in [1.807, 2.05) is 0 Å². The molecule has 1 heterocycles. The van der Waals surface area contributed by atoms with Crippen LogP contribution in [0.25, 0.3) is 0 Å². The Hall–Kier alpha value is -0.0800. The Bertz CT molecular complexity index is 154. The Morgan fingerprint density at radius 3 is 3.00 bits per heavy atom. The Morgan fingerprint density at radius 2 is 2.23 bits per heavy atom. The highest BCUT2D eigenvalue weighted by Gasteiger charge is 2.25. The quantitative estimate of drug-likeness (QED) is 0.693. The summed E-state index contributed by atoms with van der Waals surface area (Å²) in [5.74, 6) is 1.89. The molecule has 0 aromatic heterocycles. The molecule has 2 aliphatic rings. The molecular formula is C11H22N2. The maximum absolute atomic E-state index is 3.50. The molecule has 13 heavy (non-hydrogen) atoms. The highest BCUT2D eigenvalue weighted by atomic mass is 15.1. The van der Waals surface area contributed by atoms with Gasteiger partial charge in [0.25, 0.3) is 0 Å². The van der Waals surface area contributed by atoms with Crippen LogP contribution in [0.3, 0.4) is 0 Å². The van der Waals surface area contributed by atoms with Gasteiger partial charge in [-0.25, -0.2) is 0 Å². The van der Waals surface area contributed by atoms with E-state index in [9.17, 15) is 0 Å². The van der Waals surface area contributed by atoms with Crippen LogP contribution < -0.4 is 5.32 Å². The van der Waals surface area contributed by atoms with E-state index in [1.54, 1.807) is 0 Å². The van der Waals surface area contributed by atoms with Crippen LogP contribution in [0, 0.1) is 11.8 Å². The van der Waals surface area contributed by atoms with Gasteiger partial charge < -0.3 is 10.2 Å². The maximum atomic E-state index is 3.50. The van der Waals surface area contributed by atoms with Gasteiger partial charge in [-0.3, -0.25) is 0 Å². The highest BCUT2D eigenvalue weighted by molar-refractivity contribution is 4.79. The molecule has 1 saturated carbocycles. The summed E-state index contributed by atoms with van der Waals surface area (Å²) in [5, 5.41) is 3.50. The molecular weight excluding hydrogens is 160 g/mol. The van der Waals surface area contributed by atoms with Gasteiger partial charge >= 0.3 is 0 Å². The molecule has 0 radical (unpaired) electrons. The molecule has 1 unspecified atom stereocenters. The number of rotatable bonds is 2. The molecule has 1 aliphatic heterocycles. The van der Waals surface area contributed by atoms with Crippen LogP contribution in [0.4, 0.5) is 0 Å². The third-order valence-corrected chi connectivity index (χ3v) is 3.10. The summed E-state index contributed by atoms with van der Waals surface area (Å²) in [4.78, 5) is 2.68. The van der Waals surface area contributed by atoms with E-state index >= 15 is 0 Å². The van der Waals surface area contributed by atoms with Crippen molar-refractivity contribution in [2.24, 2.45) is 11.8 Å². The summed E-state index contributed by atoms with van der Waals surface area (Å²) in [6.45, 7) is 8.78. The standard InChI is InChI=1S/C11H22N2/c1-10-7-12-5-2-6-13(8-10)9-11-3-4-11/h10-12H,2-9H2,1H3. The van der Waals surface area contributed by atoms with Crippen molar-refractivity contribution in [1.82, 2.24) is 10.2 Å². The van der Waals surface area contributed by atoms with Gasteiger partial charge in [0.2, 0.25) is 0 Å². The van der Waals surface area contributed by atoms with E-state index in [2.05, 4.69) is 17.1 Å². The predicted molar refractivity (Wildman–Crippen MR) is 55.8 cm³/mol. The second-order valence-electron chi connectivity index (χ2n) is 4.87. The molecule has 2 nitrogen and oxygen atoms in total. The van der Waals surface area contributed by atoms with Crippen LogP contribution >= 0.6 is 0 Å². The largest absolute Gasteiger partial charge is 0.316 e. The highest BCUT2D eigenvalue weighted by Crippen LogP contribution is 2.30. The lowest BCUT2D eigenvalue weighted by Gasteiger charge is -2.28. The number of hydrogen-bond acceptors (Lipinski definition) is 2. The molecule has 1 saturated heterocycles. The molecule has 0 aromatic rings. The summed E-state index contributed by atoms with van der Waals surface area (Å²) in [5.41, 5.74) is 0. The third kappa shape index (κ3) is 3.28. The minimum Gasteiger partial charge on any atom is -0.316 e. The van der Waals surface area contributed by atoms with Gasteiger partial charge in [0.05, 0.1) is 0 Å². The average Bonchev–Trinajstić information content (AvgIpc) is 2.83. The molecule has 1 N–H and O–H groups in total. The Balaban J connectivity index is 1.76. The normalized spacial score (nSPS) is 32.5. The van der Waals surface area contributed by atoms with Crippen molar-refractivity contribution >= 4 is 0 Å². The van der Waals surface area contributed by atoms with Crippen LogP contribution in [0.2, 0.25) is 0 Å². The second-order valence-corrected chi connectivity index (χ2v) is 4.87. The minimum absolute atomic E-state index is 0.832. The van der Waals surface area contributed by atoms with Crippen LogP contribution in [0.1, 0.15) is 26.2 Å². The van der Waals surface area contributed by atoms with E-state index in [-0.39, 0.29) is 0 Å². The molecule has 1 aliphatic carbocycles.